The van der Waals surface area contributed by atoms with Crippen LogP contribution in [0.2, 0.25) is 0 Å². The van der Waals surface area contributed by atoms with Crippen LogP contribution in [-0.4, -0.2) is 16.0 Å². The van der Waals surface area contributed by atoms with E-state index in [0.717, 1.165) is 23.0 Å². The van der Waals surface area contributed by atoms with Gasteiger partial charge in [0.25, 0.3) is 0 Å². The van der Waals surface area contributed by atoms with Gasteiger partial charge in [-0.25, -0.2) is 4.98 Å². The van der Waals surface area contributed by atoms with Crippen LogP contribution in [0.25, 0.3) is 0 Å². The molecule has 2 aromatic rings. The van der Waals surface area contributed by atoms with E-state index in [1.54, 1.807) is 30.4 Å². The first-order valence-electron chi connectivity index (χ1n) is 5.95. The van der Waals surface area contributed by atoms with Crippen LogP contribution in [0.3, 0.4) is 0 Å². The summed E-state index contributed by atoms with van der Waals surface area (Å²) in [6, 6.07) is 3.98. The summed E-state index contributed by atoms with van der Waals surface area (Å²) in [5.41, 5.74) is 6.18. The Morgan fingerprint density at radius 3 is 2.78 bits per heavy atom. The Bertz CT molecular complexity index is 486. The Balaban J connectivity index is 2.21. The zero-order valence-corrected chi connectivity index (χ0v) is 11.4. The molecule has 0 aliphatic heterocycles. The predicted molar refractivity (Wildman–Crippen MR) is 72.3 cm³/mol. The van der Waals surface area contributed by atoms with Crippen molar-refractivity contribution in [2.45, 2.75) is 36.6 Å². The summed E-state index contributed by atoms with van der Waals surface area (Å²) in [5, 5.41) is 0.931. The largest absolute Gasteiger partial charge is 0.465 e. The number of rotatable bonds is 5. The van der Waals surface area contributed by atoms with Crippen LogP contribution in [0.5, 0.6) is 0 Å². The van der Waals surface area contributed by atoms with Crippen molar-refractivity contribution in [3.63, 3.8) is 0 Å². The van der Waals surface area contributed by atoms with Gasteiger partial charge >= 0.3 is 0 Å². The lowest BCUT2D eigenvalue weighted by molar-refractivity contribution is 0.454. The van der Waals surface area contributed by atoms with Gasteiger partial charge in [0.1, 0.15) is 16.5 Å². The molecule has 0 aliphatic rings. The van der Waals surface area contributed by atoms with Crippen LogP contribution >= 0.6 is 11.8 Å². The lowest BCUT2D eigenvalue weighted by Crippen LogP contribution is -2.25. The number of aryl methyl sites for hydroxylation is 1. The van der Waals surface area contributed by atoms with Gasteiger partial charge in [0, 0.05) is 18.4 Å². The molecular formula is C13H17N3OS. The minimum Gasteiger partial charge on any atom is -0.465 e. The van der Waals surface area contributed by atoms with Gasteiger partial charge in [-0.05, 0) is 25.5 Å². The molecule has 0 aromatic carbocycles. The van der Waals surface area contributed by atoms with Gasteiger partial charge in [-0.3, -0.25) is 4.98 Å². The molecule has 2 rings (SSSR count). The highest BCUT2D eigenvalue weighted by Crippen LogP contribution is 2.37. The minimum atomic E-state index is 0.0301. The van der Waals surface area contributed by atoms with Crippen molar-refractivity contribution >= 4 is 11.8 Å². The average Bonchev–Trinajstić information content (AvgIpc) is 2.83. The third-order valence-electron chi connectivity index (χ3n) is 2.69. The number of furan rings is 1. The van der Waals surface area contributed by atoms with Crippen LogP contribution < -0.4 is 5.73 Å². The Kier molecular flexibility index (Phi) is 4.38. The smallest absolute Gasteiger partial charge is 0.119 e. The molecule has 4 nitrogen and oxygen atoms in total. The highest BCUT2D eigenvalue weighted by atomic mass is 32.2. The minimum absolute atomic E-state index is 0.0301. The van der Waals surface area contributed by atoms with Crippen molar-refractivity contribution in [1.82, 2.24) is 9.97 Å². The SMILES string of the molecule is CCC(N)C(Sc1cnccn1)c1ccc(C)o1. The van der Waals surface area contributed by atoms with E-state index in [4.69, 9.17) is 10.2 Å². The quantitative estimate of drug-likeness (QED) is 0.840. The fourth-order valence-corrected chi connectivity index (χ4v) is 2.77. The summed E-state index contributed by atoms with van der Waals surface area (Å²) in [6.45, 7) is 4.01. The first kappa shape index (κ1) is 13.1. The number of thioether (sulfide) groups is 1. The molecule has 0 saturated heterocycles. The fraction of sp³-hybridized carbons (Fsp3) is 0.385. The molecule has 0 saturated carbocycles. The van der Waals surface area contributed by atoms with Crippen LogP contribution in [0.4, 0.5) is 0 Å². The highest BCUT2D eigenvalue weighted by Gasteiger charge is 2.23. The molecule has 0 aliphatic carbocycles. The maximum absolute atomic E-state index is 6.18. The van der Waals surface area contributed by atoms with Crippen LogP contribution in [0.1, 0.15) is 30.1 Å². The summed E-state index contributed by atoms with van der Waals surface area (Å²) in [4.78, 5) is 8.34. The molecule has 18 heavy (non-hydrogen) atoms. The standard InChI is InChI=1S/C13H17N3OS/c1-3-10(14)13(11-5-4-9(2)17-11)18-12-8-15-6-7-16-12/h4-8,10,13H,3,14H2,1-2H3. The molecule has 0 radical (unpaired) electrons. The predicted octanol–water partition coefficient (Wildman–Crippen LogP) is 2.95. The zero-order chi connectivity index (χ0) is 13.0. The van der Waals surface area contributed by atoms with E-state index in [2.05, 4.69) is 16.9 Å². The average molecular weight is 263 g/mol. The maximum atomic E-state index is 6.18. The lowest BCUT2D eigenvalue weighted by atomic mass is 10.1. The van der Waals surface area contributed by atoms with E-state index in [-0.39, 0.29) is 11.3 Å². The van der Waals surface area contributed by atoms with E-state index in [0.29, 0.717) is 0 Å². The monoisotopic (exact) mass is 263 g/mol. The molecule has 0 fully saturated rings. The fourth-order valence-electron chi connectivity index (χ4n) is 1.65. The second-order valence-electron chi connectivity index (χ2n) is 4.10. The molecule has 2 N–H and O–H groups in total. The molecule has 96 valence electrons. The van der Waals surface area contributed by atoms with Gasteiger partial charge in [-0.1, -0.05) is 18.7 Å². The number of nitrogens with zero attached hydrogens (tertiary/aromatic N) is 2. The lowest BCUT2D eigenvalue weighted by Gasteiger charge is -2.19. The molecule has 2 atom stereocenters. The summed E-state index contributed by atoms with van der Waals surface area (Å²) in [7, 11) is 0. The van der Waals surface area contributed by atoms with E-state index in [9.17, 15) is 0 Å². The van der Waals surface area contributed by atoms with Gasteiger partial charge in [0.2, 0.25) is 0 Å². The first-order chi connectivity index (χ1) is 8.70. The summed E-state index contributed by atoms with van der Waals surface area (Å²) in [5.74, 6) is 1.80. The Morgan fingerprint density at radius 2 is 2.22 bits per heavy atom. The normalized spacial score (nSPS) is 14.4. The molecule has 2 unspecified atom stereocenters. The van der Waals surface area contributed by atoms with Crippen molar-refractivity contribution in [2.24, 2.45) is 5.73 Å². The van der Waals surface area contributed by atoms with E-state index < -0.39 is 0 Å². The summed E-state index contributed by atoms with van der Waals surface area (Å²) < 4.78 is 5.69. The van der Waals surface area contributed by atoms with Crippen molar-refractivity contribution < 1.29 is 4.42 Å². The van der Waals surface area contributed by atoms with Crippen LogP contribution in [0, 0.1) is 6.92 Å². The van der Waals surface area contributed by atoms with E-state index in [1.165, 1.54) is 0 Å². The Morgan fingerprint density at radius 1 is 1.39 bits per heavy atom. The summed E-state index contributed by atoms with van der Waals surface area (Å²) >= 11 is 1.60. The van der Waals surface area contributed by atoms with Gasteiger partial charge in [0.05, 0.1) is 11.4 Å². The molecule has 0 amide bonds. The second-order valence-corrected chi connectivity index (χ2v) is 5.26. The third kappa shape index (κ3) is 3.11. The zero-order valence-electron chi connectivity index (χ0n) is 10.5. The number of nitrogens with two attached hydrogens (primary N) is 1. The van der Waals surface area contributed by atoms with Gasteiger partial charge in [-0.15, -0.1) is 0 Å². The van der Waals surface area contributed by atoms with E-state index >= 15 is 0 Å². The van der Waals surface area contributed by atoms with Crippen molar-refractivity contribution in [3.05, 3.63) is 42.2 Å². The molecule has 0 bridgehead atoms. The number of hydrogen-bond donors (Lipinski definition) is 1. The van der Waals surface area contributed by atoms with Crippen molar-refractivity contribution in [2.75, 3.05) is 0 Å². The molecule has 2 aromatic heterocycles. The third-order valence-corrected chi connectivity index (χ3v) is 3.98. The molecule has 5 heteroatoms. The van der Waals surface area contributed by atoms with Crippen molar-refractivity contribution in [3.8, 4) is 0 Å². The van der Waals surface area contributed by atoms with E-state index in [1.807, 2.05) is 19.1 Å². The molecular weight excluding hydrogens is 246 g/mol. The molecule has 2 heterocycles. The van der Waals surface area contributed by atoms with Gasteiger partial charge in [0.15, 0.2) is 0 Å². The Hall–Kier alpha value is -1.33. The Labute approximate surface area is 111 Å². The van der Waals surface area contributed by atoms with Gasteiger partial charge in [-0.2, -0.15) is 0 Å². The number of hydrogen-bond acceptors (Lipinski definition) is 5. The van der Waals surface area contributed by atoms with Crippen molar-refractivity contribution in [1.29, 1.82) is 0 Å². The van der Waals surface area contributed by atoms with Crippen LogP contribution in [-0.2, 0) is 0 Å². The van der Waals surface area contributed by atoms with Gasteiger partial charge < -0.3 is 10.2 Å². The van der Waals surface area contributed by atoms with Crippen LogP contribution in [0.15, 0.2) is 40.2 Å². The first-order valence-corrected chi connectivity index (χ1v) is 6.83. The second kappa shape index (κ2) is 6.02. The topological polar surface area (TPSA) is 64.9 Å². The maximum Gasteiger partial charge on any atom is 0.119 e. The summed E-state index contributed by atoms with van der Waals surface area (Å²) in [6.07, 6.45) is 5.98. The number of aromatic nitrogens is 2. The highest BCUT2D eigenvalue weighted by molar-refractivity contribution is 7.99. The molecule has 0 spiro atoms.